The third-order valence-electron chi connectivity index (χ3n) is 9.84. The van der Waals surface area contributed by atoms with Gasteiger partial charge in [-0.25, -0.2) is 9.97 Å². The minimum Gasteiger partial charge on any atom is -0.496 e. The van der Waals surface area contributed by atoms with Crippen molar-refractivity contribution in [2.75, 3.05) is 61.7 Å². The molecule has 1 saturated carbocycles. The Morgan fingerprint density at radius 3 is 2.48 bits per heavy atom. The largest absolute Gasteiger partial charge is 0.496 e. The van der Waals surface area contributed by atoms with E-state index in [0.29, 0.717) is 28.5 Å². The molecule has 5 heterocycles. The van der Waals surface area contributed by atoms with Crippen LogP contribution in [0.5, 0.6) is 5.75 Å². The number of aryl methyl sites for hydroxylation is 1. The molecule has 6 aromatic rings. The maximum absolute atomic E-state index is 13.8. The van der Waals surface area contributed by atoms with E-state index in [0.717, 1.165) is 87.6 Å². The number of ether oxygens (including phenoxy) is 1. The molecule has 0 atom stereocenters. The average molecular weight is 779 g/mol. The highest BCUT2D eigenvalue weighted by atomic mass is 79.9. The first-order chi connectivity index (χ1) is 25.1. The van der Waals surface area contributed by atoms with E-state index < -0.39 is 7.14 Å². The van der Waals surface area contributed by atoms with Gasteiger partial charge in [0, 0.05) is 109 Å². The fourth-order valence-corrected chi connectivity index (χ4v) is 8.88. The number of pyridine rings is 2. The fraction of sp³-hybridized carbons (Fsp3) is 0.308. The van der Waals surface area contributed by atoms with E-state index in [1.807, 2.05) is 54.7 Å². The van der Waals surface area contributed by atoms with Crippen LogP contribution in [0.15, 0.2) is 84.0 Å². The van der Waals surface area contributed by atoms with Crippen molar-refractivity contribution in [1.82, 2.24) is 29.7 Å². The molecule has 0 radical (unpaired) electrons. The van der Waals surface area contributed by atoms with Gasteiger partial charge < -0.3 is 24.4 Å². The number of piperazine rings is 1. The minimum absolute atomic E-state index is 0.436. The van der Waals surface area contributed by atoms with Gasteiger partial charge in [-0.2, -0.15) is 5.10 Å². The van der Waals surface area contributed by atoms with Gasteiger partial charge in [-0.05, 0) is 78.5 Å². The van der Waals surface area contributed by atoms with Gasteiger partial charge in [0.25, 0.3) is 0 Å². The van der Waals surface area contributed by atoms with Crippen LogP contribution < -0.4 is 25.2 Å². The van der Waals surface area contributed by atoms with Crippen molar-refractivity contribution < 1.29 is 9.30 Å². The second-order valence-electron chi connectivity index (χ2n) is 13.9. The van der Waals surface area contributed by atoms with Gasteiger partial charge in [-0.3, -0.25) is 14.6 Å². The predicted octanol–water partition coefficient (Wildman–Crippen LogP) is 7.38. The topological polar surface area (TPSA) is 114 Å². The zero-order valence-electron chi connectivity index (χ0n) is 29.8. The van der Waals surface area contributed by atoms with Crippen LogP contribution in [0.3, 0.4) is 0 Å². The summed E-state index contributed by atoms with van der Waals surface area (Å²) in [6.45, 7) is 7.08. The first-order valence-corrected chi connectivity index (χ1v) is 20.9. The molecule has 0 bridgehead atoms. The number of anilines is 4. The molecule has 266 valence electrons. The summed E-state index contributed by atoms with van der Waals surface area (Å²) in [5, 5.41) is 9.66. The van der Waals surface area contributed by atoms with Crippen LogP contribution in [-0.4, -0.2) is 76.3 Å². The number of fused-ring (bicyclic) bond motifs is 1. The third-order valence-corrected chi connectivity index (χ3v) is 12.0. The number of hydrogen-bond donors (Lipinski definition) is 1. The predicted molar refractivity (Wildman–Crippen MR) is 212 cm³/mol. The van der Waals surface area contributed by atoms with Gasteiger partial charge >= 0.3 is 0 Å². The number of nitrogens with one attached hydrogen (secondary N) is 1. The van der Waals surface area contributed by atoms with Crippen molar-refractivity contribution in [3.05, 3.63) is 101 Å². The summed E-state index contributed by atoms with van der Waals surface area (Å²) in [4.78, 5) is 23.7. The van der Waals surface area contributed by atoms with Crippen molar-refractivity contribution in [2.24, 2.45) is 7.05 Å². The molecule has 1 N–H and O–H groups in total. The summed E-state index contributed by atoms with van der Waals surface area (Å²) in [7, 11) is 0.925. The monoisotopic (exact) mass is 777 g/mol. The molecular formula is C39H41BrN9O2P. The van der Waals surface area contributed by atoms with Crippen molar-refractivity contribution in [1.29, 1.82) is 0 Å². The zero-order valence-corrected chi connectivity index (χ0v) is 32.2. The summed E-state index contributed by atoms with van der Waals surface area (Å²) in [5.41, 5.74) is 8.04. The second-order valence-corrected chi connectivity index (χ2v) is 17.9. The lowest BCUT2D eigenvalue weighted by Gasteiger charge is -2.38. The van der Waals surface area contributed by atoms with Crippen molar-refractivity contribution in [3.8, 4) is 16.9 Å². The molecule has 1 aliphatic heterocycles. The quantitative estimate of drug-likeness (QED) is 0.141. The molecule has 2 aromatic carbocycles. The van der Waals surface area contributed by atoms with Crippen LogP contribution in [0.4, 0.5) is 22.9 Å². The van der Waals surface area contributed by atoms with Crippen LogP contribution in [0.1, 0.15) is 35.8 Å². The number of hydrogen-bond acceptors (Lipinski definition) is 10. The second kappa shape index (κ2) is 14.0. The molecule has 1 aliphatic carbocycles. The number of benzene rings is 2. The van der Waals surface area contributed by atoms with E-state index in [9.17, 15) is 4.57 Å². The molecule has 11 nitrogen and oxygen atoms in total. The molecule has 2 fully saturated rings. The van der Waals surface area contributed by atoms with Crippen molar-refractivity contribution in [3.63, 3.8) is 0 Å². The highest BCUT2D eigenvalue weighted by Gasteiger charge is 2.27. The Morgan fingerprint density at radius 1 is 0.981 bits per heavy atom. The first-order valence-electron chi connectivity index (χ1n) is 17.5. The molecule has 0 amide bonds. The summed E-state index contributed by atoms with van der Waals surface area (Å²) >= 11 is 3.66. The Bertz CT molecular complexity index is 2320. The highest BCUT2D eigenvalue weighted by Crippen LogP contribution is 2.44. The SMILES string of the molecule is COc1cc(N2CCN(c3cccnc3)CC2)c(-c2cnn(C)c2)cc1Cc1ncc(Br)c(Nc2ccc3nc(C4CC4)ccc3c2P(C)(C)=O)n1. The Hall–Kier alpha value is -4.80. The standard InChI is InChI=1S/C39H41BrN9O2P/c1-47-24-27(21-43-47)30-18-26(36(51-2)20-35(30)49-16-14-48(15-17-49)28-6-5-13-41-22-28)19-37-42-23-31(40)39(46-37)45-34-12-11-33-29(38(34)52(3,4)50)9-10-32(44-33)25-7-8-25/h5-6,9-13,18,20-25H,7-8,14-17,19H2,1-4H3,(H,42,45,46). The van der Waals surface area contributed by atoms with E-state index in [-0.39, 0.29) is 0 Å². The maximum Gasteiger partial charge on any atom is 0.148 e. The molecule has 52 heavy (non-hydrogen) atoms. The van der Waals surface area contributed by atoms with Crippen LogP contribution in [-0.2, 0) is 18.0 Å². The van der Waals surface area contributed by atoms with Crippen LogP contribution in [0.2, 0.25) is 0 Å². The highest BCUT2D eigenvalue weighted by molar-refractivity contribution is 9.10. The van der Waals surface area contributed by atoms with Gasteiger partial charge in [0.05, 0.1) is 40.9 Å². The molecule has 0 spiro atoms. The number of halogens is 1. The Kier molecular flexibility index (Phi) is 9.21. The molecule has 0 unspecified atom stereocenters. The molecule has 1 saturated heterocycles. The molecule has 2 aliphatic rings. The van der Waals surface area contributed by atoms with Gasteiger partial charge in [-0.15, -0.1) is 0 Å². The third kappa shape index (κ3) is 7.01. The van der Waals surface area contributed by atoms with Crippen LogP contribution >= 0.6 is 23.1 Å². The normalized spacial score (nSPS) is 14.9. The van der Waals surface area contributed by atoms with E-state index in [4.69, 9.17) is 19.7 Å². The molecule has 8 rings (SSSR count). The Labute approximate surface area is 312 Å². The maximum atomic E-state index is 13.8. The smallest absolute Gasteiger partial charge is 0.148 e. The summed E-state index contributed by atoms with van der Waals surface area (Å²) in [6.07, 6.45) is 12.2. The Morgan fingerprint density at radius 2 is 1.79 bits per heavy atom. The first kappa shape index (κ1) is 34.3. The number of rotatable bonds is 10. The summed E-state index contributed by atoms with van der Waals surface area (Å²) in [5.74, 6) is 2.52. The van der Waals surface area contributed by atoms with Crippen molar-refractivity contribution in [2.45, 2.75) is 25.2 Å². The van der Waals surface area contributed by atoms with Gasteiger partial charge in [0.2, 0.25) is 0 Å². The van der Waals surface area contributed by atoms with Crippen LogP contribution in [0, 0.1) is 0 Å². The number of methoxy groups -OCH3 is 1. The number of nitrogens with zero attached hydrogens (tertiary/aromatic N) is 8. The van der Waals surface area contributed by atoms with Gasteiger partial charge in [0.15, 0.2) is 0 Å². The van der Waals surface area contributed by atoms with Crippen molar-refractivity contribution >= 4 is 62.2 Å². The summed E-state index contributed by atoms with van der Waals surface area (Å²) < 4.78 is 22.3. The molecule has 13 heteroatoms. The van der Waals surface area contributed by atoms with E-state index >= 15 is 0 Å². The van der Waals surface area contributed by atoms with Gasteiger partial charge in [-0.1, -0.05) is 6.07 Å². The van der Waals surface area contributed by atoms with E-state index in [1.54, 1.807) is 26.6 Å². The Balaban J connectivity index is 1.11. The lowest BCUT2D eigenvalue weighted by atomic mass is 9.99. The average Bonchev–Trinajstić information content (AvgIpc) is 3.92. The van der Waals surface area contributed by atoms with E-state index in [1.165, 1.54) is 12.8 Å². The lowest BCUT2D eigenvalue weighted by Crippen LogP contribution is -2.46. The molecular weight excluding hydrogens is 737 g/mol. The summed E-state index contributed by atoms with van der Waals surface area (Å²) in [6, 6.07) is 16.6. The fourth-order valence-electron chi connectivity index (χ4n) is 7.11. The van der Waals surface area contributed by atoms with Gasteiger partial charge in [0.1, 0.15) is 24.5 Å². The van der Waals surface area contributed by atoms with Crippen LogP contribution in [0.25, 0.3) is 22.0 Å². The lowest BCUT2D eigenvalue weighted by molar-refractivity contribution is 0.410. The molecule has 4 aromatic heterocycles. The number of aromatic nitrogens is 6. The zero-order chi connectivity index (χ0) is 36.0. The minimum atomic E-state index is -2.72. The van der Waals surface area contributed by atoms with E-state index in [2.05, 4.69) is 71.5 Å².